The molecule has 39 heavy (non-hydrogen) atoms. The van der Waals surface area contributed by atoms with Crippen LogP contribution in [0.2, 0.25) is 0 Å². The third-order valence-electron chi connectivity index (χ3n) is 8.24. The molecular formula is C31H30F6O2. The third-order valence-corrected chi connectivity index (χ3v) is 8.24. The molecule has 1 saturated carbocycles. The monoisotopic (exact) mass is 548 g/mol. The summed E-state index contributed by atoms with van der Waals surface area (Å²) in [5, 5.41) is 9.85. The number of hydrogen-bond acceptors (Lipinski definition) is 2. The van der Waals surface area contributed by atoms with Gasteiger partial charge < -0.3 is 9.84 Å². The van der Waals surface area contributed by atoms with E-state index in [2.05, 4.69) is 0 Å². The molecule has 2 unspecified atom stereocenters. The van der Waals surface area contributed by atoms with Crippen LogP contribution in [-0.2, 0) is 11.2 Å². The molecule has 2 nitrogen and oxygen atoms in total. The lowest BCUT2D eigenvalue weighted by atomic mass is 9.76. The number of hydrogen-bond donors (Lipinski definition) is 1. The topological polar surface area (TPSA) is 32.8 Å². The largest absolute Gasteiger partial charge is 0.388 e. The van der Waals surface area contributed by atoms with Gasteiger partial charge in [0.2, 0.25) is 0 Å². The number of aliphatic hydroxyl groups excluding tert-OH is 1. The fraction of sp³-hybridized carbons (Fsp3) is 0.419. The molecule has 2 fully saturated rings. The van der Waals surface area contributed by atoms with Crippen LogP contribution in [0.5, 0.6) is 0 Å². The molecule has 0 bridgehead atoms. The standard InChI is InChI=1S/C31H30F6O2/c1-2-24(38)22-10-9-18(26(32)30(22)36)8-5-16-3-6-17(7-4-16)19-11-12-20(28(34)27(19)33)21-13-14-23(25-15-39-25)31(37)29(21)35/h9-14,16-17,24-25,38H,2-8,15H2,1H3. The number of halogens is 6. The van der Waals surface area contributed by atoms with E-state index in [0.717, 1.165) is 12.8 Å². The highest BCUT2D eigenvalue weighted by atomic mass is 19.2. The van der Waals surface area contributed by atoms with E-state index in [-0.39, 0.29) is 51.6 Å². The number of aliphatic hydroxyl groups is 1. The summed E-state index contributed by atoms with van der Waals surface area (Å²) in [5.74, 6) is -6.57. The van der Waals surface area contributed by atoms with Crippen LogP contribution < -0.4 is 0 Å². The van der Waals surface area contributed by atoms with Crippen LogP contribution in [0.25, 0.3) is 11.1 Å². The molecule has 1 saturated heterocycles. The number of benzene rings is 3. The molecule has 0 amide bonds. The van der Waals surface area contributed by atoms with Gasteiger partial charge in [0.25, 0.3) is 0 Å². The van der Waals surface area contributed by atoms with E-state index in [1.807, 2.05) is 0 Å². The van der Waals surface area contributed by atoms with Crippen molar-refractivity contribution in [2.75, 3.05) is 6.61 Å². The van der Waals surface area contributed by atoms with Crippen molar-refractivity contribution in [3.05, 3.63) is 93.6 Å². The second-order valence-corrected chi connectivity index (χ2v) is 10.6. The Morgan fingerprint density at radius 1 is 0.744 bits per heavy atom. The van der Waals surface area contributed by atoms with Crippen molar-refractivity contribution in [3.8, 4) is 11.1 Å². The molecule has 1 N–H and O–H groups in total. The number of aryl methyl sites for hydroxylation is 1. The quantitative estimate of drug-likeness (QED) is 0.226. The van der Waals surface area contributed by atoms with Crippen molar-refractivity contribution in [2.45, 2.75) is 70.0 Å². The van der Waals surface area contributed by atoms with Gasteiger partial charge in [0.05, 0.1) is 12.7 Å². The second-order valence-electron chi connectivity index (χ2n) is 10.6. The maximum Gasteiger partial charge on any atom is 0.167 e. The van der Waals surface area contributed by atoms with Gasteiger partial charge in [0.1, 0.15) is 6.10 Å². The van der Waals surface area contributed by atoms with Crippen LogP contribution >= 0.6 is 0 Å². The van der Waals surface area contributed by atoms with E-state index in [1.54, 1.807) is 6.92 Å². The summed E-state index contributed by atoms with van der Waals surface area (Å²) in [7, 11) is 0. The van der Waals surface area contributed by atoms with Crippen LogP contribution in [0.3, 0.4) is 0 Å². The molecule has 208 valence electrons. The highest BCUT2D eigenvalue weighted by Crippen LogP contribution is 2.41. The zero-order valence-electron chi connectivity index (χ0n) is 21.6. The van der Waals surface area contributed by atoms with E-state index in [4.69, 9.17) is 4.74 Å². The minimum Gasteiger partial charge on any atom is -0.388 e. The first-order chi connectivity index (χ1) is 18.7. The average molecular weight is 549 g/mol. The second kappa shape index (κ2) is 11.3. The van der Waals surface area contributed by atoms with Gasteiger partial charge in [0.15, 0.2) is 34.9 Å². The lowest BCUT2D eigenvalue weighted by Crippen LogP contribution is -2.16. The predicted molar refractivity (Wildman–Crippen MR) is 135 cm³/mol. The van der Waals surface area contributed by atoms with Crippen molar-refractivity contribution < 1.29 is 36.2 Å². The van der Waals surface area contributed by atoms with E-state index in [1.165, 1.54) is 36.4 Å². The summed E-state index contributed by atoms with van der Waals surface area (Å²) in [4.78, 5) is 0. The normalized spacial score (nSPS) is 21.7. The Balaban J connectivity index is 1.23. The molecule has 3 aromatic carbocycles. The molecular weight excluding hydrogens is 518 g/mol. The highest BCUT2D eigenvalue weighted by Gasteiger charge is 2.32. The lowest BCUT2D eigenvalue weighted by molar-refractivity contribution is 0.167. The maximum absolute atomic E-state index is 15.1. The van der Waals surface area contributed by atoms with Gasteiger partial charge in [-0.3, -0.25) is 0 Å². The Morgan fingerprint density at radius 2 is 1.33 bits per heavy atom. The summed E-state index contributed by atoms with van der Waals surface area (Å²) in [6.45, 7) is 1.98. The predicted octanol–water partition coefficient (Wildman–Crippen LogP) is 8.61. The van der Waals surface area contributed by atoms with E-state index in [0.29, 0.717) is 32.3 Å². The maximum atomic E-state index is 15.1. The Labute approximate surface area is 223 Å². The molecule has 5 rings (SSSR count). The van der Waals surface area contributed by atoms with E-state index in [9.17, 15) is 22.7 Å². The van der Waals surface area contributed by atoms with Gasteiger partial charge in [-0.25, -0.2) is 26.3 Å². The number of epoxide rings is 1. The van der Waals surface area contributed by atoms with Crippen LogP contribution in [0.1, 0.15) is 85.8 Å². The van der Waals surface area contributed by atoms with Gasteiger partial charge in [-0.2, -0.15) is 0 Å². The molecule has 1 heterocycles. The minimum absolute atomic E-state index is 0.0442. The Kier molecular flexibility index (Phi) is 8.06. The fourth-order valence-electron chi connectivity index (χ4n) is 5.73. The molecule has 8 heteroatoms. The van der Waals surface area contributed by atoms with Crippen molar-refractivity contribution in [2.24, 2.45) is 5.92 Å². The van der Waals surface area contributed by atoms with Crippen LogP contribution in [0.4, 0.5) is 26.3 Å². The van der Waals surface area contributed by atoms with Gasteiger partial charge in [-0.15, -0.1) is 0 Å². The average Bonchev–Trinajstić information content (AvgIpc) is 3.78. The van der Waals surface area contributed by atoms with Crippen molar-refractivity contribution in [1.82, 2.24) is 0 Å². The number of ether oxygens (including phenoxy) is 1. The highest BCUT2D eigenvalue weighted by molar-refractivity contribution is 5.66. The summed E-state index contributed by atoms with van der Waals surface area (Å²) < 4.78 is 93.2. The van der Waals surface area contributed by atoms with Gasteiger partial charge >= 0.3 is 0 Å². The number of rotatable bonds is 8. The Hall–Kier alpha value is -2.84. The molecule has 2 atom stereocenters. The zero-order valence-corrected chi connectivity index (χ0v) is 21.6. The summed E-state index contributed by atoms with van der Waals surface area (Å²) in [5.41, 5.74) is -0.202. The zero-order chi connectivity index (χ0) is 27.8. The third kappa shape index (κ3) is 5.46. The van der Waals surface area contributed by atoms with E-state index < -0.39 is 47.1 Å². The van der Waals surface area contributed by atoms with E-state index >= 15 is 8.78 Å². The SMILES string of the molecule is CCC(O)c1ccc(CCC2CCC(c3ccc(-c4ccc(C5CO5)c(F)c4F)c(F)c3F)CC2)c(F)c1F. The van der Waals surface area contributed by atoms with Crippen molar-refractivity contribution in [3.63, 3.8) is 0 Å². The smallest absolute Gasteiger partial charge is 0.167 e. The lowest BCUT2D eigenvalue weighted by Gasteiger charge is -2.29. The fourth-order valence-corrected chi connectivity index (χ4v) is 5.73. The van der Waals surface area contributed by atoms with Gasteiger partial charge in [0, 0.05) is 22.3 Å². The molecule has 0 aromatic heterocycles. The van der Waals surface area contributed by atoms with Gasteiger partial charge in [-0.1, -0.05) is 43.3 Å². The Bertz CT molecular complexity index is 1360. The molecule has 0 spiro atoms. The summed E-state index contributed by atoms with van der Waals surface area (Å²) in [6, 6.07) is 8.25. The first-order valence-electron chi connectivity index (χ1n) is 13.4. The van der Waals surface area contributed by atoms with Crippen LogP contribution in [-0.4, -0.2) is 11.7 Å². The van der Waals surface area contributed by atoms with Gasteiger partial charge in [-0.05, 0) is 67.9 Å². The first kappa shape index (κ1) is 27.7. The Morgan fingerprint density at radius 3 is 1.92 bits per heavy atom. The molecule has 2 aliphatic rings. The van der Waals surface area contributed by atoms with Crippen molar-refractivity contribution in [1.29, 1.82) is 0 Å². The molecule has 3 aromatic rings. The van der Waals surface area contributed by atoms with Crippen molar-refractivity contribution >= 4 is 0 Å². The summed E-state index contributed by atoms with van der Waals surface area (Å²) >= 11 is 0. The molecule has 1 aliphatic heterocycles. The summed E-state index contributed by atoms with van der Waals surface area (Å²) in [6.07, 6.45) is 2.32. The van der Waals surface area contributed by atoms with Crippen LogP contribution in [0.15, 0.2) is 36.4 Å². The van der Waals surface area contributed by atoms with Crippen LogP contribution in [0, 0.1) is 40.8 Å². The minimum atomic E-state index is -1.23. The first-order valence-corrected chi connectivity index (χ1v) is 13.4. The molecule has 0 radical (unpaired) electrons. The molecule has 1 aliphatic carbocycles.